The van der Waals surface area contributed by atoms with E-state index in [0.717, 1.165) is 0 Å². The number of phenols is 1. The molecule has 3 rings (SSSR count). The van der Waals surface area contributed by atoms with Gasteiger partial charge < -0.3 is 14.9 Å². The topological polar surface area (TPSA) is 95.0 Å². The molecule has 0 bridgehead atoms. The number of carbonyl (C=O) groups is 2. The lowest BCUT2D eigenvalue weighted by Crippen LogP contribution is -2.61. The Kier molecular flexibility index (Phi) is 3.79. The van der Waals surface area contributed by atoms with Crippen molar-refractivity contribution < 1.29 is 23.1 Å². The molecular formula is C15H18N2O5S. The second-order valence-electron chi connectivity index (χ2n) is 5.97. The molecule has 124 valence electrons. The van der Waals surface area contributed by atoms with E-state index in [1.807, 2.05) is 0 Å². The number of rotatable bonds is 1. The van der Waals surface area contributed by atoms with E-state index < -0.39 is 21.9 Å². The molecule has 2 heterocycles. The minimum atomic E-state index is -3.29. The van der Waals surface area contributed by atoms with E-state index in [2.05, 4.69) is 0 Å². The smallest absolute Gasteiger partial charge is 0.254 e. The molecule has 0 aromatic heterocycles. The van der Waals surface area contributed by atoms with Crippen LogP contribution in [-0.4, -0.2) is 71.8 Å². The van der Waals surface area contributed by atoms with Crippen molar-refractivity contribution in [2.24, 2.45) is 0 Å². The van der Waals surface area contributed by atoms with Gasteiger partial charge in [0.1, 0.15) is 5.75 Å². The molecule has 2 aliphatic heterocycles. The molecule has 2 atom stereocenters. The molecule has 0 aliphatic carbocycles. The Hall–Kier alpha value is -2.09. The van der Waals surface area contributed by atoms with Gasteiger partial charge in [-0.15, -0.1) is 0 Å². The van der Waals surface area contributed by atoms with Gasteiger partial charge in [-0.1, -0.05) is 6.07 Å². The molecule has 0 spiro atoms. The highest BCUT2D eigenvalue weighted by Gasteiger charge is 2.48. The van der Waals surface area contributed by atoms with Crippen molar-refractivity contribution in [2.45, 2.75) is 19.0 Å². The van der Waals surface area contributed by atoms with Crippen LogP contribution in [0.1, 0.15) is 17.3 Å². The fourth-order valence-corrected chi connectivity index (χ4v) is 5.38. The first kappa shape index (κ1) is 15.8. The Labute approximate surface area is 134 Å². The average molecular weight is 338 g/mol. The third-order valence-electron chi connectivity index (χ3n) is 4.43. The largest absolute Gasteiger partial charge is 0.508 e. The van der Waals surface area contributed by atoms with Gasteiger partial charge in [0, 0.05) is 25.6 Å². The van der Waals surface area contributed by atoms with Crippen LogP contribution in [0.2, 0.25) is 0 Å². The Morgan fingerprint density at radius 2 is 1.74 bits per heavy atom. The van der Waals surface area contributed by atoms with Crippen LogP contribution in [0.3, 0.4) is 0 Å². The molecule has 1 aromatic carbocycles. The third-order valence-corrected chi connectivity index (χ3v) is 6.13. The summed E-state index contributed by atoms with van der Waals surface area (Å²) in [6.45, 7) is 2.01. The predicted octanol–water partition coefficient (Wildman–Crippen LogP) is -0.138. The number of phenolic OH excluding ortho intramolecular Hbond substituents is 1. The van der Waals surface area contributed by atoms with Crippen LogP contribution in [0.4, 0.5) is 0 Å². The quantitative estimate of drug-likeness (QED) is 0.769. The summed E-state index contributed by atoms with van der Waals surface area (Å²) >= 11 is 0. The number of piperazine rings is 1. The monoisotopic (exact) mass is 338 g/mol. The van der Waals surface area contributed by atoms with Crippen LogP contribution in [0.5, 0.6) is 5.75 Å². The van der Waals surface area contributed by atoms with Crippen LogP contribution in [0.25, 0.3) is 0 Å². The zero-order valence-corrected chi connectivity index (χ0v) is 13.5. The number of hydrogen-bond acceptors (Lipinski definition) is 5. The van der Waals surface area contributed by atoms with Crippen molar-refractivity contribution in [1.82, 2.24) is 9.80 Å². The number of benzene rings is 1. The van der Waals surface area contributed by atoms with Crippen LogP contribution < -0.4 is 0 Å². The predicted molar refractivity (Wildman–Crippen MR) is 82.8 cm³/mol. The van der Waals surface area contributed by atoms with Crippen molar-refractivity contribution in [1.29, 1.82) is 0 Å². The number of carbonyl (C=O) groups excluding carboxylic acids is 2. The summed E-state index contributed by atoms with van der Waals surface area (Å²) in [5.41, 5.74) is 0.310. The summed E-state index contributed by atoms with van der Waals surface area (Å²) in [6, 6.07) is 4.95. The fraction of sp³-hybridized carbons (Fsp3) is 0.467. The lowest BCUT2D eigenvalue weighted by Gasteiger charge is -2.43. The van der Waals surface area contributed by atoms with E-state index in [-0.39, 0.29) is 35.6 Å². The second-order valence-corrected chi connectivity index (χ2v) is 8.13. The van der Waals surface area contributed by atoms with Crippen LogP contribution >= 0.6 is 0 Å². The first-order chi connectivity index (χ1) is 10.8. The van der Waals surface area contributed by atoms with Gasteiger partial charge in [0.2, 0.25) is 5.91 Å². The first-order valence-electron chi connectivity index (χ1n) is 7.36. The molecule has 23 heavy (non-hydrogen) atoms. The maximum Gasteiger partial charge on any atom is 0.254 e. The minimum Gasteiger partial charge on any atom is -0.508 e. The van der Waals surface area contributed by atoms with E-state index in [9.17, 15) is 23.1 Å². The van der Waals surface area contributed by atoms with Crippen LogP contribution in [0.15, 0.2) is 24.3 Å². The summed E-state index contributed by atoms with van der Waals surface area (Å²) in [5.74, 6) is -0.765. The van der Waals surface area contributed by atoms with E-state index in [4.69, 9.17) is 0 Å². The van der Waals surface area contributed by atoms with Gasteiger partial charge in [-0.05, 0) is 18.2 Å². The van der Waals surface area contributed by atoms with Crippen LogP contribution in [-0.2, 0) is 14.6 Å². The van der Waals surface area contributed by atoms with Gasteiger partial charge in [-0.2, -0.15) is 0 Å². The van der Waals surface area contributed by atoms with Crippen molar-refractivity contribution >= 4 is 21.7 Å². The molecule has 0 saturated carbocycles. The zero-order chi connectivity index (χ0) is 16.8. The van der Waals surface area contributed by atoms with Gasteiger partial charge >= 0.3 is 0 Å². The van der Waals surface area contributed by atoms with E-state index in [1.54, 1.807) is 17.0 Å². The van der Waals surface area contributed by atoms with Crippen molar-refractivity contribution in [3.63, 3.8) is 0 Å². The van der Waals surface area contributed by atoms with E-state index >= 15 is 0 Å². The Balaban J connectivity index is 1.92. The molecule has 2 amide bonds. The summed E-state index contributed by atoms with van der Waals surface area (Å²) in [5, 5.41) is 9.53. The molecule has 1 N–H and O–H groups in total. The standard InChI is InChI=1S/C15H18N2O5S/c1-10(18)16-5-6-17(14-9-23(21,22)8-13(14)16)15(20)11-3-2-4-12(19)7-11/h2-4,7,13-14,19H,5-6,8-9H2,1H3/t13-,14+/m0/s1. The maximum atomic E-state index is 12.7. The molecular weight excluding hydrogens is 320 g/mol. The highest BCUT2D eigenvalue weighted by Crippen LogP contribution is 2.28. The molecule has 1 aromatic rings. The Morgan fingerprint density at radius 1 is 1.13 bits per heavy atom. The Morgan fingerprint density at radius 3 is 2.35 bits per heavy atom. The van der Waals surface area contributed by atoms with Gasteiger partial charge in [-0.3, -0.25) is 9.59 Å². The lowest BCUT2D eigenvalue weighted by atomic mass is 10.0. The van der Waals surface area contributed by atoms with E-state index in [1.165, 1.54) is 24.0 Å². The van der Waals surface area contributed by atoms with Crippen LogP contribution in [0, 0.1) is 0 Å². The van der Waals surface area contributed by atoms with Gasteiger partial charge in [0.25, 0.3) is 5.91 Å². The lowest BCUT2D eigenvalue weighted by molar-refractivity contribution is -0.133. The van der Waals surface area contributed by atoms with Gasteiger partial charge in [0.05, 0.1) is 23.6 Å². The molecule has 2 saturated heterocycles. The molecule has 0 radical (unpaired) electrons. The molecule has 8 heteroatoms. The number of fused-ring (bicyclic) bond motifs is 1. The van der Waals surface area contributed by atoms with Crippen molar-refractivity contribution in [3.05, 3.63) is 29.8 Å². The van der Waals surface area contributed by atoms with Crippen molar-refractivity contribution in [3.8, 4) is 5.75 Å². The summed E-state index contributed by atoms with van der Waals surface area (Å²) in [7, 11) is -3.29. The highest BCUT2D eigenvalue weighted by atomic mass is 32.2. The minimum absolute atomic E-state index is 0.0196. The number of aromatic hydroxyl groups is 1. The molecule has 2 aliphatic rings. The van der Waals surface area contributed by atoms with Gasteiger partial charge in [-0.25, -0.2) is 8.42 Å². The molecule has 7 nitrogen and oxygen atoms in total. The fourth-order valence-electron chi connectivity index (χ4n) is 3.40. The summed E-state index contributed by atoms with van der Waals surface area (Å²) in [6.07, 6.45) is 0. The first-order valence-corrected chi connectivity index (χ1v) is 9.18. The number of nitrogens with zero attached hydrogens (tertiary/aromatic N) is 2. The number of hydrogen-bond donors (Lipinski definition) is 1. The van der Waals surface area contributed by atoms with Crippen molar-refractivity contribution in [2.75, 3.05) is 24.6 Å². The summed E-state index contributed by atoms with van der Waals surface area (Å²) < 4.78 is 24.0. The van der Waals surface area contributed by atoms with Gasteiger partial charge in [0.15, 0.2) is 9.84 Å². The highest BCUT2D eigenvalue weighted by molar-refractivity contribution is 7.91. The Bertz CT molecular complexity index is 761. The zero-order valence-electron chi connectivity index (χ0n) is 12.7. The number of amides is 2. The number of sulfone groups is 1. The molecule has 2 fully saturated rings. The normalized spacial score (nSPS) is 26.0. The summed E-state index contributed by atoms with van der Waals surface area (Å²) in [4.78, 5) is 27.5. The maximum absolute atomic E-state index is 12.7. The second kappa shape index (κ2) is 5.52. The average Bonchev–Trinajstić information content (AvgIpc) is 2.79. The SMILES string of the molecule is CC(=O)N1CCN(C(=O)c2cccc(O)c2)[C@@H]2CS(=O)(=O)C[C@@H]21. The van der Waals surface area contributed by atoms with E-state index in [0.29, 0.717) is 12.1 Å². The molecule has 0 unspecified atom stereocenters. The third kappa shape index (κ3) is 2.90.